The van der Waals surface area contributed by atoms with E-state index in [1.807, 2.05) is 38.4 Å². The van der Waals surface area contributed by atoms with E-state index in [4.69, 9.17) is 11.6 Å². The van der Waals surface area contributed by atoms with Gasteiger partial charge >= 0.3 is 0 Å². The molecule has 134 valence electrons. The number of halogens is 1. The van der Waals surface area contributed by atoms with Crippen LogP contribution in [0.4, 0.5) is 5.82 Å². The molecule has 1 aromatic carbocycles. The smallest absolute Gasteiger partial charge is 0.251 e. The molecule has 0 bridgehead atoms. The zero-order valence-electron chi connectivity index (χ0n) is 14.8. The summed E-state index contributed by atoms with van der Waals surface area (Å²) in [4.78, 5) is 18.5. The fourth-order valence-electron chi connectivity index (χ4n) is 2.40. The van der Waals surface area contributed by atoms with Crippen molar-refractivity contribution in [3.63, 3.8) is 0 Å². The molecule has 2 aromatic rings. The van der Waals surface area contributed by atoms with E-state index in [1.165, 1.54) is 0 Å². The van der Waals surface area contributed by atoms with Crippen molar-refractivity contribution in [3.05, 3.63) is 58.7 Å². The number of rotatable bonds is 9. The monoisotopic (exact) mass is 360 g/mol. The van der Waals surface area contributed by atoms with Crippen LogP contribution in [-0.2, 0) is 6.42 Å². The normalized spacial score (nSPS) is 10.7. The van der Waals surface area contributed by atoms with E-state index < -0.39 is 0 Å². The quantitative estimate of drug-likeness (QED) is 0.675. The number of nitrogens with one attached hydrogen (secondary N) is 2. The molecule has 0 aliphatic carbocycles. The summed E-state index contributed by atoms with van der Waals surface area (Å²) in [6.07, 6.45) is 3.41. The van der Waals surface area contributed by atoms with Crippen molar-refractivity contribution in [3.8, 4) is 0 Å². The third-order valence-corrected chi connectivity index (χ3v) is 3.93. The Bertz CT molecular complexity index is 691. The molecule has 1 heterocycles. The maximum Gasteiger partial charge on any atom is 0.251 e. The van der Waals surface area contributed by atoms with Gasteiger partial charge in [0.25, 0.3) is 5.91 Å². The summed E-state index contributed by atoms with van der Waals surface area (Å²) in [5, 5.41) is 6.92. The molecule has 0 unspecified atom stereocenters. The van der Waals surface area contributed by atoms with Crippen molar-refractivity contribution in [1.29, 1.82) is 0 Å². The Kier molecular flexibility index (Phi) is 7.70. The fraction of sp³-hybridized carbons (Fsp3) is 0.368. The number of hydrogen-bond donors (Lipinski definition) is 2. The van der Waals surface area contributed by atoms with Gasteiger partial charge in [-0.05, 0) is 63.3 Å². The van der Waals surface area contributed by atoms with Crippen LogP contribution >= 0.6 is 11.6 Å². The molecule has 0 radical (unpaired) electrons. The Morgan fingerprint density at radius 3 is 2.80 bits per heavy atom. The first-order chi connectivity index (χ1) is 12.0. The van der Waals surface area contributed by atoms with Crippen molar-refractivity contribution in [2.75, 3.05) is 39.0 Å². The van der Waals surface area contributed by atoms with Crippen molar-refractivity contribution < 1.29 is 4.79 Å². The van der Waals surface area contributed by atoms with Crippen LogP contribution in [0.1, 0.15) is 22.3 Å². The first kappa shape index (κ1) is 19.2. The van der Waals surface area contributed by atoms with E-state index in [0.29, 0.717) is 17.9 Å². The lowest BCUT2D eigenvalue weighted by atomic mass is 10.1. The molecule has 0 aliphatic heterocycles. The predicted molar refractivity (Wildman–Crippen MR) is 103 cm³/mol. The number of anilines is 1. The maximum atomic E-state index is 12.2. The number of nitrogens with zero attached hydrogens (tertiary/aromatic N) is 2. The molecule has 0 aliphatic rings. The number of amides is 1. The van der Waals surface area contributed by atoms with Gasteiger partial charge in [0.1, 0.15) is 5.82 Å². The molecule has 0 spiro atoms. The lowest BCUT2D eigenvalue weighted by molar-refractivity contribution is 0.0952. The van der Waals surface area contributed by atoms with Crippen LogP contribution in [0.3, 0.4) is 0 Å². The molecule has 0 atom stereocenters. The van der Waals surface area contributed by atoms with Crippen molar-refractivity contribution in [2.24, 2.45) is 0 Å². The molecule has 0 saturated carbocycles. The van der Waals surface area contributed by atoms with Crippen LogP contribution < -0.4 is 10.6 Å². The lowest BCUT2D eigenvalue weighted by Crippen LogP contribution is -2.27. The number of hydrogen-bond acceptors (Lipinski definition) is 4. The molecule has 1 aromatic heterocycles. The molecule has 0 fully saturated rings. The van der Waals surface area contributed by atoms with Gasteiger partial charge in [0.15, 0.2) is 0 Å². The van der Waals surface area contributed by atoms with Crippen LogP contribution in [-0.4, -0.2) is 49.5 Å². The van der Waals surface area contributed by atoms with Gasteiger partial charge in [-0.2, -0.15) is 0 Å². The zero-order chi connectivity index (χ0) is 18.1. The molecule has 0 saturated heterocycles. The summed E-state index contributed by atoms with van der Waals surface area (Å²) < 4.78 is 0. The minimum Gasteiger partial charge on any atom is -0.370 e. The van der Waals surface area contributed by atoms with Gasteiger partial charge in [-0.25, -0.2) is 4.98 Å². The Balaban J connectivity index is 1.80. The molecular weight excluding hydrogens is 336 g/mol. The van der Waals surface area contributed by atoms with Crippen molar-refractivity contribution >= 4 is 23.3 Å². The summed E-state index contributed by atoms with van der Waals surface area (Å²) in [7, 11) is 4.04. The standard InChI is InChI=1S/C19H25ClN4O/c1-24(2)12-4-9-23-19(25)16-8-11-22-18(14-16)21-10-7-15-5-3-6-17(20)13-15/h3,5-6,8,11,13-14H,4,7,9-10,12H2,1-2H3,(H,21,22)(H,23,25). The van der Waals surface area contributed by atoms with Gasteiger partial charge in [0.05, 0.1) is 0 Å². The van der Waals surface area contributed by atoms with E-state index in [2.05, 4.69) is 20.5 Å². The Hall–Kier alpha value is -2.11. The second kappa shape index (κ2) is 10.0. The maximum absolute atomic E-state index is 12.2. The average Bonchev–Trinajstić information content (AvgIpc) is 2.59. The summed E-state index contributed by atoms with van der Waals surface area (Å²) in [5.74, 6) is 0.627. The third-order valence-electron chi connectivity index (χ3n) is 3.70. The average molecular weight is 361 g/mol. The van der Waals surface area contributed by atoms with E-state index in [1.54, 1.807) is 18.3 Å². The van der Waals surface area contributed by atoms with Gasteiger partial charge in [-0.15, -0.1) is 0 Å². The molecule has 2 rings (SSSR count). The summed E-state index contributed by atoms with van der Waals surface area (Å²) in [5.41, 5.74) is 1.78. The van der Waals surface area contributed by atoms with E-state index in [-0.39, 0.29) is 5.91 Å². The van der Waals surface area contributed by atoms with Crippen LogP contribution in [0.5, 0.6) is 0 Å². The minimum atomic E-state index is -0.0703. The Labute approximate surface area is 154 Å². The second-order valence-electron chi connectivity index (χ2n) is 6.15. The predicted octanol–water partition coefficient (Wildman–Crippen LogP) is 3.07. The van der Waals surface area contributed by atoms with E-state index in [0.717, 1.165) is 36.5 Å². The van der Waals surface area contributed by atoms with Crippen LogP contribution in [0.25, 0.3) is 0 Å². The highest BCUT2D eigenvalue weighted by molar-refractivity contribution is 6.30. The Morgan fingerprint density at radius 2 is 2.04 bits per heavy atom. The number of benzene rings is 1. The van der Waals surface area contributed by atoms with E-state index in [9.17, 15) is 4.79 Å². The first-order valence-corrected chi connectivity index (χ1v) is 8.79. The highest BCUT2D eigenvalue weighted by Gasteiger charge is 2.06. The fourth-order valence-corrected chi connectivity index (χ4v) is 2.61. The second-order valence-corrected chi connectivity index (χ2v) is 6.59. The van der Waals surface area contributed by atoms with Gasteiger partial charge in [-0.1, -0.05) is 23.7 Å². The van der Waals surface area contributed by atoms with Gasteiger partial charge in [0, 0.05) is 29.9 Å². The van der Waals surface area contributed by atoms with Gasteiger partial charge < -0.3 is 15.5 Å². The number of carbonyl (C=O) groups is 1. The lowest BCUT2D eigenvalue weighted by Gasteiger charge is -2.10. The first-order valence-electron chi connectivity index (χ1n) is 8.42. The van der Waals surface area contributed by atoms with Crippen LogP contribution in [0, 0.1) is 0 Å². The molecule has 5 nitrogen and oxygen atoms in total. The van der Waals surface area contributed by atoms with Crippen molar-refractivity contribution in [2.45, 2.75) is 12.8 Å². The number of aromatic nitrogens is 1. The molecule has 25 heavy (non-hydrogen) atoms. The molecule has 1 amide bonds. The minimum absolute atomic E-state index is 0.0703. The molecular formula is C19H25ClN4O. The SMILES string of the molecule is CN(C)CCCNC(=O)c1ccnc(NCCc2cccc(Cl)c2)c1. The summed E-state index contributed by atoms with van der Waals surface area (Å²) in [6, 6.07) is 11.3. The Morgan fingerprint density at radius 1 is 1.20 bits per heavy atom. The van der Waals surface area contributed by atoms with Gasteiger partial charge in [-0.3, -0.25) is 4.79 Å². The summed E-state index contributed by atoms with van der Waals surface area (Å²) >= 11 is 5.99. The highest BCUT2D eigenvalue weighted by Crippen LogP contribution is 2.12. The van der Waals surface area contributed by atoms with Crippen LogP contribution in [0.2, 0.25) is 5.02 Å². The summed E-state index contributed by atoms with van der Waals surface area (Å²) in [6.45, 7) is 2.34. The molecule has 2 N–H and O–H groups in total. The topological polar surface area (TPSA) is 57.3 Å². The van der Waals surface area contributed by atoms with Gasteiger partial charge in [0.2, 0.25) is 0 Å². The largest absolute Gasteiger partial charge is 0.370 e. The number of pyridine rings is 1. The molecule has 6 heteroatoms. The van der Waals surface area contributed by atoms with Crippen LogP contribution in [0.15, 0.2) is 42.6 Å². The number of carbonyl (C=O) groups excluding carboxylic acids is 1. The van der Waals surface area contributed by atoms with Crippen molar-refractivity contribution in [1.82, 2.24) is 15.2 Å². The van der Waals surface area contributed by atoms with E-state index >= 15 is 0 Å². The zero-order valence-corrected chi connectivity index (χ0v) is 15.5. The highest BCUT2D eigenvalue weighted by atomic mass is 35.5. The third kappa shape index (κ3) is 7.11.